The highest BCUT2D eigenvalue weighted by Gasteiger charge is 2.22. The Morgan fingerprint density at radius 1 is 1.09 bits per heavy atom. The van der Waals surface area contributed by atoms with Gasteiger partial charge in [-0.25, -0.2) is 10.4 Å². The van der Waals surface area contributed by atoms with Gasteiger partial charge >= 0.3 is 0 Å². The first-order valence-corrected chi connectivity index (χ1v) is 6.72. The first kappa shape index (κ1) is 14.2. The first-order chi connectivity index (χ1) is 10.7. The van der Waals surface area contributed by atoms with Crippen molar-refractivity contribution >= 4 is 22.7 Å². The molecule has 2 heterocycles. The number of aromatic nitrogens is 2. The van der Waals surface area contributed by atoms with Crippen molar-refractivity contribution in [3.8, 4) is 17.2 Å². The van der Waals surface area contributed by atoms with Gasteiger partial charge in [-0.2, -0.15) is 5.10 Å². The van der Waals surface area contributed by atoms with Crippen LogP contribution in [0, 0.1) is 0 Å². The second-order valence-corrected chi connectivity index (χ2v) is 4.72. The number of rotatable bonds is 4. The van der Waals surface area contributed by atoms with Crippen molar-refractivity contribution in [2.24, 2.45) is 5.10 Å². The summed E-state index contributed by atoms with van der Waals surface area (Å²) in [5.74, 6) is 2.00. The van der Waals surface area contributed by atoms with E-state index in [1.54, 1.807) is 27.4 Å². The van der Waals surface area contributed by atoms with Crippen LogP contribution in [-0.2, 0) is 4.79 Å². The molecule has 0 saturated carbocycles. The summed E-state index contributed by atoms with van der Waals surface area (Å²) in [5, 5.41) is 4.04. The van der Waals surface area contributed by atoms with E-state index < -0.39 is 0 Å². The molecule has 2 N–H and O–H groups in total. The zero-order valence-electron chi connectivity index (χ0n) is 12.5. The fourth-order valence-corrected chi connectivity index (χ4v) is 2.40. The fraction of sp³-hybridized carbons (Fsp3) is 0.357. The van der Waals surface area contributed by atoms with E-state index in [0.29, 0.717) is 47.1 Å². The topological polar surface area (TPSA) is 97.8 Å². The zero-order chi connectivity index (χ0) is 15.7. The monoisotopic (exact) mass is 304 g/mol. The molecular weight excluding hydrogens is 288 g/mol. The van der Waals surface area contributed by atoms with Crippen LogP contribution in [0.1, 0.15) is 18.7 Å². The number of nitrogens with one attached hydrogen (secondary N) is 2. The number of H-pyrrole nitrogens is 1. The Labute approximate surface area is 126 Å². The lowest BCUT2D eigenvalue weighted by Crippen LogP contribution is -2.26. The van der Waals surface area contributed by atoms with E-state index in [4.69, 9.17) is 14.2 Å². The number of benzene rings is 1. The third-order valence-electron chi connectivity index (χ3n) is 3.46. The second kappa shape index (κ2) is 5.55. The van der Waals surface area contributed by atoms with Gasteiger partial charge in [0.25, 0.3) is 0 Å². The number of hydrogen-bond acceptors (Lipinski definition) is 6. The summed E-state index contributed by atoms with van der Waals surface area (Å²) in [6.45, 7) is 0. The molecule has 0 fully saturated rings. The molecule has 0 spiro atoms. The highest BCUT2D eigenvalue weighted by molar-refractivity contribution is 6.04. The number of imidazole rings is 1. The van der Waals surface area contributed by atoms with Gasteiger partial charge in [-0.3, -0.25) is 4.79 Å². The molecule has 0 bridgehead atoms. The summed E-state index contributed by atoms with van der Waals surface area (Å²) < 4.78 is 16.1. The minimum absolute atomic E-state index is 0.0965. The lowest BCUT2D eigenvalue weighted by Gasteiger charge is -2.11. The zero-order valence-corrected chi connectivity index (χ0v) is 12.5. The molecule has 8 heteroatoms. The van der Waals surface area contributed by atoms with E-state index in [0.717, 1.165) is 5.52 Å². The maximum absolute atomic E-state index is 11.2. The molecule has 1 aliphatic rings. The molecule has 1 amide bonds. The van der Waals surface area contributed by atoms with Gasteiger partial charge in [0, 0.05) is 18.9 Å². The van der Waals surface area contributed by atoms with Gasteiger partial charge in [0.05, 0.1) is 26.8 Å². The number of methoxy groups -OCH3 is 3. The van der Waals surface area contributed by atoms with Crippen LogP contribution in [0.4, 0.5) is 0 Å². The number of hydrazone groups is 1. The van der Waals surface area contributed by atoms with E-state index in [1.807, 2.05) is 0 Å². The molecule has 2 aromatic rings. The fourth-order valence-electron chi connectivity index (χ4n) is 2.40. The molecule has 0 aliphatic carbocycles. The average molecular weight is 304 g/mol. The largest absolute Gasteiger partial charge is 0.493 e. The lowest BCUT2D eigenvalue weighted by atomic mass is 10.2. The number of ether oxygens (including phenoxy) is 3. The van der Waals surface area contributed by atoms with Crippen LogP contribution in [0.15, 0.2) is 11.2 Å². The van der Waals surface area contributed by atoms with E-state index in [1.165, 1.54) is 0 Å². The maximum Gasteiger partial charge on any atom is 0.240 e. The molecule has 116 valence electrons. The van der Waals surface area contributed by atoms with E-state index in [2.05, 4.69) is 20.5 Å². The highest BCUT2D eigenvalue weighted by Crippen LogP contribution is 2.42. The quantitative estimate of drug-likeness (QED) is 0.884. The van der Waals surface area contributed by atoms with Crippen molar-refractivity contribution in [2.75, 3.05) is 21.3 Å². The molecule has 22 heavy (non-hydrogen) atoms. The van der Waals surface area contributed by atoms with Crippen LogP contribution in [0.25, 0.3) is 11.0 Å². The Hall–Kier alpha value is -2.77. The van der Waals surface area contributed by atoms with Crippen LogP contribution in [0.3, 0.4) is 0 Å². The minimum atomic E-state index is -0.0965. The predicted octanol–water partition coefficient (Wildman–Crippen LogP) is 1.20. The van der Waals surface area contributed by atoms with Gasteiger partial charge in [-0.15, -0.1) is 0 Å². The van der Waals surface area contributed by atoms with Gasteiger partial charge in [-0.05, 0) is 0 Å². The molecule has 3 rings (SSSR count). The molecule has 0 saturated heterocycles. The molecule has 1 aromatic carbocycles. The highest BCUT2D eigenvalue weighted by atomic mass is 16.5. The molecule has 1 aromatic heterocycles. The van der Waals surface area contributed by atoms with Crippen molar-refractivity contribution in [3.05, 3.63) is 11.9 Å². The average Bonchev–Trinajstić information content (AvgIpc) is 2.97. The number of carbonyl (C=O) groups is 1. The maximum atomic E-state index is 11.2. The first-order valence-electron chi connectivity index (χ1n) is 6.72. The van der Waals surface area contributed by atoms with Crippen molar-refractivity contribution in [1.29, 1.82) is 0 Å². The molecule has 0 unspecified atom stereocenters. The van der Waals surface area contributed by atoms with Gasteiger partial charge in [0.15, 0.2) is 17.3 Å². The number of amides is 1. The Balaban J connectivity index is 2.15. The van der Waals surface area contributed by atoms with Crippen LogP contribution in [-0.4, -0.2) is 42.9 Å². The van der Waals surface area contributed by atoms with E-state index in [9.17, 15) is 4.79 Å². The SMILES string of the molecule is COc1cc2[nH]c(C3=NNC(=O)CC3)nc2c(OC)c1OC. The van der Waals surface area contributed by atoms with Crippen molar-refractivity contribution in [3.63, 3.8) is 0 Å². The third kappa shape index (κ3) is 2.22. The number of fused-ring (bicyclic) bond motifs is 1. The number of carbonyl (C=O) groups excluding carboxylic acids is 1. The van der Waals surface area contributed by atoms with Crippen LogP contribution < -0.4 is 19.6 Å². The molecule has 1 aliphatic heterocycles. The predicted molar refractivity (Wildman–Crippen MR) is 79.7 cm³/mol. The standard InChI is InChI=1S/C14H16N4O4/c1-20-9-6-8-11(13(22-3)12(9)21-2)16-14(15-8)7-4-5-10(19)18-17-7/h6H,4-5H2,1-3H3,(H,15,16)(H,18,19). The number of aromatic amines is 1. The van der Waals surface area contributed by atoms with Crippen molar-refractivity contribution < 1.29 is 19.0 Å². The molecule has 0 radical (unpaired) electrons. The van der Waals surface area contributed by atoms with E-state index in [-0.39, 0.29) is 5.91 Å². The van der Waals surface area contributed by atoms with Crippen molar-refractivity contribution in [1.82, 2.24) is 15.4 Å². The molecule has 8 nitrogen and oxygen atoms in total. The number of nitrogens with zero attached hydrogens (tertiary/aromatic N) is 2. The Bertz CT molecular complexity index is 766. The van der Waals surface area contributed by atoms with Crippen LogP contribution in [0.5, 0.6) is 17.2 Å². The summed E-state index contributed by atoms with van der Waals surface area (Å²) >= 11 is 0. The second-order valence-electron chi connectivity index (χ2n) is 4.72. The van der Waals surface area contributed by atoms with Gasteiger partial charge < -0.3 is 19.2 Å². The molecule has 0 atom stereocenters. The summed E-state index contributed by atoms with van der Waals surface area (Å²) in [7, 11) is 4.64. The number of hydrogen-bond donors (Lipinski definition) is 2. The summed E-state index contributed by atoms with van der Waals surface area (Å²) in [4.78, 5) is 18.9. The smallest absolute Gasteiger partial charge is 0.240 e. The molecular formula is C14H16N4O4. The van der Waals surface area contributed by atoms with Gasteiger partial charge in [0.1, 0.15) is 11.2 Å². The Morgan fingerprint density at radius 2 is 1.86 bits per heavy atom. The Kier molecular flexibility index (Phi) is 3.58. The minimum Gasteiger partial charge on any atom is -0.493 e. The van der Waals surface area contributed by atoms with Crippen molar-refractivity contribution in [2.45, 2.75) is 12.8 Å². The van der Waals surface area contributed by atoms with Crippen LogP contribution in [0.2, 0.25) is 0 Å². The van der Waals surface area contributed by atoms with Gasteiger partial charge in [-0.1, -0.05) is 0 Å². The lowest BCUT2D eigenvalue weighted by molar-refractivity contribution is -0.121. The van der Waals surface area contributed by atoms with E-state index >= 15 is 0 Å². The summed E-state index contributed by atoms with van der Waals surface area (Å²) in [6, 6.07) is 1.79. The summed E-state index contributed by atoms with van der Waals surface area (Å²) in [5.41, 5.74) is 4.51. The third-order valence-corrected chi connectivity index (χ3v) is 3.46. The summed E-state index contributed by atoms with van der Waals surface area (Å²) in [6.07, 6.45) is 0.919. The van der Waals surface area contributed by atoms with Crippen LogP contribution >= 0.6 is 0 Å². The van der Waals surface area contributed by atoms with Gasteiger partial charge in [0.2, 0.25) is 11.7 Å². The Morgan fingerprint density at radius 3 is 2.45 bits per heavy atom. The normalized spacial score (nSPS) is 14.5.